The highest BCUT2D eigenvalue weighted by Gasteiger charge is 2.52. The van der Waals surface area contributed by atoms with Gasteiger partial charge in [0.2, 0.25) is 12.2 Å². The highest BCUT2D eigenvalue weighted by Crippen LogP contribution is 2.63. The third-order valence-corrected chi connectivity index (χ3v) is 19.8. The van der Waals surface area contributed by atoms with Gasteiger partial charge in [-0.25, -0.2) is 38.1 Å². The molecule has 10 N–H and O–H groups in total. The van der Waals surface area contributed by atoms with Gasteiger partial charge in [0, 0.05) is 19.1 Å². The van der Waals surface area contributed by atoms with Crippen molar-refractivity contribution in [2.24, 2.45) is 12.5 Å². The quantitative estimate of drug-likeness (QED) is 0.00954. The number of benzene rings is 1. The maximum absolute atomic E-state index is 14.1. The van der Waals surface area contributed by atoms with Crippen molar-refractivity contribution in [1.82, 2.24) is 53.6 Å². The molecule has 7 aromatic rings. The van der Waals surface area contributed by atoms with Gasteiger partial charge in [-0.15, -0.1) is 0 Å². The Morgan fingerprint density at radius 2 is 1.43 bits per heavy atom. The van der Waals surface area contributed by atoms with Crippen LogP contribution in [0.1, 0.15) is 51.1 Å². The second kappa shape index (κ2) is 26.0. The summed E-state index contributed by atoms with van der Waals surface area (Å²) < 4.78 is 109. The van der Waals surface area contributed by atoms with Crippen LogP contribution in [0, 0.1) is 15.5 Å². The predicted octanol–water partition coefficient (Wildman–Crippen LogP) is -3.65. The fourth-order valence-electron chi connectivity index (χ4n) is 10.2. The molecule has 0 saturated carbocycles. The minimum atomic E-state index is -6.67. The number of hydrogen-bond acceptors (Lipinski definition) is 37. The fraction of sp³-hybridized carbons (Fsp3) is 0.523. The topological polar surface area (TPSA) is 601 Å². The predicted molar refractivity (Wildman–Crippen MR) is 294 cm³/mol. The zero-order chi connectivity index (χ0) is 66.0. The molecule has 0 aliphatic carbocycles. The van der Waals surface area contributed by atoms with Gasteiger partial charge >= 0.3 is 5.65 Å². The second-order valence-electron chi connectivity index (χ2n) is 21.3. The van der Waals surface area contributed by atoms with Crippen molar-refractivity contribution >= 4 is 98.9 Å². The molecule has 0 spiro atoms. The van der Waals surface area contributed by atoms with Gasteiger partial charge in [-0.3, -0.25) is 47.3 Å². The zero-order valence-electron chi connectivity index (χ0n) is 47.5. The number of nitro groups is 1. The summed E-state index contributed by atoms with van der Waals surface area (Å²) in [5, 5.41) is 58.5. The lowest BCUT2D eigenvalue weighted by atomic mass is 9.84. The van der Waals surface area contributed by atoms with Crippen LogP contribution in [0.4, 0.5) is 23.4 Å². The second-order valence-corrected chi connectivity index (χ2v) is 28.5. The van der Waals surface area contributed by atoms with Gasteiger partial charge in [0.05, 0.1) is 56.1 Å². The number of hydrogen-bond donors (Lipinski definition) is 7. The molecule has 0 amide bonds. The maximum atomic E-state index is 14.1. The summed E-state index contributed by atoms with van der Waals surface area (Å²) in [6, 6.07) is 5.74. The van der Waals surface area contributed by atoms with E-state index in [2.05, 4.69) is 48.5 Å². The first kappa shape index (κ1) is 67.7. The highest BCUT2D eigenvalue weighted by atomic mass is 32.5. The number of aliphatic hydroxyl groups is 3. The molecule has 3 fully saturated rings. The number of aromatic nitrogens is 12. The van der Waals surface area contributed by atoms with Gasteiger partial charge in [0.1, 0.15) is 80.3 Å². The first-order valence-electron chi connectivity index (χ1n) is 26.3. The summed E-state index contributed by atoms with van der Waals surface area (Å²) in [6.45, 7) is -4.04. The van der Waals surface area contributed by atoms with Gasteiger partial charge in [0.15, 0.2) is 46.9 Å². The number of H-pyrrole nitrogens is 1. The van der Waals surface area contributed by atoms with Crippen LogP contribution in [0.15, 0.2) is 54.4 Å². The van der Waals surface area contributed by atoms with Crippen LogP contribution in [-0.4, -0.2) is 162 Å². The molecule has 3 saturated heterocycles. The lowest BCUT2D eigenvalue weighted by Crippen LogP contribution is -2.47. The Morgan fingerprint density at radius 3 is 2.10 bits per heavy atom. The molecule has 0 radical (unpaired) electrons. The fourth-order valence-corrected chi connectivity index (χ4v) is 15.1. The van der Waals surface area contributed by atoms with E-state index in [4.69, 9.17) is 75.5 Å². The molecule has 17 atom stereocenters. The Morgan fingerprint density at radius 1 is 0.802 bits per heavy atom. The standard InChI is InChI=1S/C44H58N16O26P4S/c1-44(2,3)32(18-8-6-7-9-19(18)60(66)67)77-17-76-30-27(62)21(82-40(30)59-16-56(4)25-36(59)53-43(47)55-38(25)65)10-78-87(68,69)85-89(72,73)86-88(70,71)79-12-22-29(31(75-5)41(83-22)57-14-50-23-33(45)48-13-49-34(23)57)84-90(74,91)80-11-20-26(61)28(63)39(81-20)58-15-51-24-35(58)52-42(46)54-37(24)64/h6-9,13-16,20-22,26-32,39-41,61-63H,10-12,17H2,1-5H3,(H11-,45,46,47,48,49,52,53,54,55,64,65,68,69,70,71,72,73,74,91)/p-4/t20-,21-,22-,26+,27+,28?,29+,30?,31?,32?,39-,40-,41-,90?/m1/s1. The number of methoxy groups -OCH3 is 1. The van der Waals surface area contributed by atoms with Crippen molar-refractivity contribution in [3.05, 3.63) is 75.6 Å². The Hall–Kier alpha value is -6.15. The summed E-state index contributed by atoms with van der Waals surface area (Å²) in [6.07, 6.45) is -16.8. The number of nitrogen functional groups attached to an aromatic ring is 3. The molecule has 1 aromatic carbocycles. The van der Waals surface area contributed by atoms with E-state index >= 15 is 0 Å². The molecule has 42 nitrogen and oxygen atoms in total. The van der Waals surface area contributed by atoms with Crippen LogP contribution in [0.2, 0.25) is 0 Å². The molecule has 10 rings (SSSR count). The molecular formula is C44H54N16O26P4S-4. The molecule has 0 bridgehead atoms. The van der Waals surface area contributed by atoms with E-state index in [0.717, 1.165) is 35.2 Å². The Bertz CT molecular complexity index is 4140. The van der Waals surface area contributed by atoms with E-state index < -0.39 is 164 Å². The van der Waals surface area contributed by atoms with Gasteiger partial charge in [-0.2, -0.15) is 4.98 Å². The number of nitrogens with zero attached hydrogens (tertiary/aromatic N) is 12. The molecule has 91 heavy (non-hydrogen) atoms. The molecule has 3 aliphatic heterocycles. The van der Waals surface area contributed by atoms with Crippen LogP contribution in [-0.2, 0) is 87.7 Å². The van der Waals surface area contributed by atoms with Gasteiger partial charge < -0.3 is 104 Å². The average Bonchev–Trinajstić information content (AvgIpc) is 1.63. The van der Waals surface area contributed by atoms with E-state index in [9.17, 15) is 68.6 Å². The highest BCUT2D eigenvalue weighted by molar-refractivity contribution is 8.06. The van der Waals surface area contributed by atoms with Gasteiger partial charge in [-0.05, 0) is 11.5 Å². The van der Waals surface area contributed by atoms with Crippen LogP contribution in [0.25, 0.3) is 33.5 Å². The number of aryl methyl sites for hydroxylation is 1. The number of fused-ring (bicyclic) bond motifs is 3. The molecule has 3 aliphatic rings. The third kappa shape index (κ3) is 14.4. The number of ether oxygens (including phenoxy) is 6. The van der Waals surface area contributed by atoms with E-state index in [1.165, 1.54) is 40.7 Å². The summed E-state index contributed by atoms with van der Waals surface area (Å²) in [7, 11) is -16.8. The summed E-state index contributed by atoms with van der Waals surface area (Å²) in [5.74, 6) is -1.74. The van der Waals surface area contributed by atoms with Crippen molar-refractivity contribution in [1.29, 1.82) is 0 Å². The summed E-state index contributed by atoms with van der Waals surface area (Å²) in [5.41, 5.74) is 15.2. The monoisotopic (exact) mass is 1380 g/mol. The molecule has 9 heterocycles. The van der Waals surface area contributed by atoms with Crippen LogP contribution in [0.5, 0.6) is 5.88 Å². The number of phosphoric acid groups is 3. The number of phosphoric ester groups is 2. The van der Waals surface area contributed by atoms with Gasteiger partial charge in [0.25, 0.3) is 40.7 Å². The first-order chi connectivity index (χ1) is 42.7. The normalized spacial score (nSPS) is 27.7. The average molecular weight is 1380 g/mol. The van der Waals surface area contributed by atoms with Crippen molar-refractivity contribution in [3.8, 4) is 5.88 Å². The number of para-hydroxylation sites is 1. The molecule has 6 aromatic heterocycles. The zero-order valence-corrected chi connectivity index (χ0v) is 51.9. The lowest BCUT2D eigenvalue weighted by Gasteiger charge is -2.36. The minimum Gasteiger partial charge on any atom is -0.856 e. The lowest BCUT2D eigenvalue weighted by molar-refractivity contribution is -0.746. The molecule has 8 unspecified atom stereocenters. The van der Waals surface area contributed by atoms with Gasteiger partial charge in [-0.1, -0.05) is 49.7 Å². The van der Waals surface area contributed by atoms with Crippen molar-refractivity contribution in [2.45, 2.75) is 100 Å². The van der Waals surface area contributed by atoms with E-state index in [1.807, 2.05) is 0 Å². The van der Waals surface area contributed by atoms with Crippen LogP contribution >= 0.6 is 30.2 Å². The van der Waals surface area contributed by atoms with E-state index in [-0.39, 0.29) is 56.5 Å². The smallest absolute Gasteiger partial charge is 0.309 e. The SMILES string of the molecule is COC1[C@@H](OP([O-])(=S)OC[C@H]2O[C@@H](n3cnc4c(=O)[nH]c(N)nc43)C(O)[C@H]2O)[C@@H](COP(=O)([O-])OP(=O)([O-])OP(=O)([O-])OC[C@H]2O[C@@H]([n+]3cn(C)c4c([O-])nc(N)nc43)C(OCOC(c3ccccc3[N+](=O)[O-])C(C)(C)C)[C@H]2O)O[C@H]1n1cnc2c(N)ncnc21. The number of nitro benzene ring substituents is 1. The number of imidazole rings is 3. The number of nitrogens with two attached hydrogens (primary N) is 3. The Kier molecular flexibility index (Phi) is 19.3. The Balaban J connectivity index is 0.816. The summed E-state index contributed by atoms with van der Waals surface area (Å²) in [4.78, 5) is 108. The van der Waals surface area contributed by atoms with E-state index in [0.29, 0.717) is 0 Å². The number of aliphatic hydroxyl groups excluding tert-OH is 3. The van der Waals surface area contributed by atoms with Crippen LogP contribution < -0.4 is 52.0 Å². The van der Waals surface area contributed by atoms with Crippen molar-refractivity contribution in [3.63, 3.8) is 0 Å². The number of nitrogens with one attached hydrogen (secondary N) is 1. The van der Waals surface area contributed by atoms with E-state index in [1.54, 1.807) is 26.8 Å². The number of anilines is 3. The third-order valence-electron chi connectivity index (χ3n) is 14.2. The number of rotatable bonds is 25. The summed E-state index contributed by atoms with van der Waals surface area (Å²) >= 11 is 5.19. The first-order valence-corrected chi connectivity index (χ1v) is 33.3. The molecule has 47 heteroatoms. The Labute approximate surface area is 514 Å². The number of aromatic amines is 1. The van der Waals surface area contributed by atoms with Crippen molar-refractivity contribution in [2.75, 3.05) is 50.9 Å². The largest absolute Gasteiger partial charge is 0.856 e. The molecular weight excluding hydrogens is 1320 g/mol. The van der Waals surface area contributed by atoms with Crippen molar-refractivity contribution < 1.29 is 118 Å². The van der Waals surface area contributed by atoms with Crippen LogP contribution in [0.3, 0.4) is 0 Å². The molecule has 496 valence electrons. The minimum absolute atomic E-state index is 0.00169. The maximum Gasteiger partial charge on any atom is 0.309 e.